The molecule has 0 aliphatic heterocycles. The van der Waals surface area contributed by atoms with Crippen molar-refractivity contribution < 1.29 is 13.0 Å². The van der Waals surface area contributed by atoms with Crippen LogP contribution in [-0.2, 0) is 10.1 Å². The maximum atomic E-state index is 11.6. The zero-order valence-corrected chi connectivity index (χ0v) is 13.3. The SMILES string of the molecule is Nc1ccc(/C=C/c2cc(N)c(N)c(N)c2S(=O)(=O)O)c(N)c1N. The third-order valence-electron chi connectivity index (χ3n) is 3.47. The minimum atomic E-state index is -4.62. The highest BCUT2D eigenvalue weighted by Crippen LogP contribution is 2.35. The molecule has 24 heavy (non-hydrogen) atoms. The Labute approximate surface area is 138 Å². The first-order valence-electron chi connectivity index (χ1n) is 6.60. The largest absolute Gasteiger partial charge is 0.397 e. The maximum Gasteiger partial charge on any atom is 0.297 e. The number of nitrogens with two attached hydrogens (primary N) is 6. The van der Waals surface area contributed by atoms with Crippen LogP contribution in [0.4, 0.5) is 34.1 Å². The fourth-order valence-corrected chi connectivity index (χ4v) is 2.96. The molecule has 0 bridgehead atoms. The van der Waals surface area contributed by atoms with E-state index >= 15 is 0 Å². The van der Waals surface area contributed by atoms with Crippen molar-refractivity contribution in [1.82, 2.24) is 0 Å². The lowest BCUT2D eigenvalue weighted by molar-refractivity contribution is 0.483. The van der Waals surface area contributed by atoms with Gasteiger partial charge in [0.1, 0.15) is 4.90 Å². The molecular formula is C14H18N6O3S. The molecule has 2 aromatic carbocycles. The van der Waals surface area contributed by atoms with Gasteiger partial charge in [-0.2, -0.15) is 8.42 Å². The highest BCUT2D eigenvalue weighted by Gasteiger charge is 2.21. The molecule has 9 nitrogen and oxygen atoms in total. The summed E-state index contributed by atoms with van der Waals surface area (Å²) in [7, 11) is -4.62. The summed E-state index contributed by atoms with van der Waals surface area (Å²) in [6, 6.07) is 4.44. The van der Waals surface area contributed by atoms with E-state index in [1.807, 2.05) is 0 Å². The molecule has 0 unspecified atom stereocenters. The molecule has 0 amide bonds. The normalized spacial score (nSPS) is 11.9. The van der Waals surface area contributed by atoms with E-state index in [9.17, 15) is 13.0 Å². The van der Waals surface area contributed by atoms with Crippen molar-refractivity contribution in [3.63, 3.8) is 0 Å². The summed E-state index contributed by atoms with van der Waals surface area (Å²) in [6.07, 6.45) is 2.86. The molecule has 10 heteroatoms. The molecule has 128 valence electrons. The summed E-state index contributed by atoms with van der Waals surface area (Å²) in [5.41, 5.74) is 35.2. The molecule has 2 rings (SSSR count). The van der Waals surface area contributed by atoms with Gasteiger partial charge in [-0.05, 0) is 23.3 Å². The Bertz CT molecular complexity index is 954. The van der Waals surface area contributed by atoms with Crippen molar-refractivity contribution in [1.29, 1.82) is 0 Å². The van der Waals surface area contributed by atoms with Gasteiger partial charge in [-0.3, -0.25) is 4.55 Å². The predicted octanol–water partition coefficient (Wildman–Crippen LogP) is 0.597. The molecule has 0 aromatic heterocycles. The summed E-state index contributed by atoms with van der Waals surface area (Å²) in [6.45, 7) is 0. The Balaban J connectivity index is 2.65. The summed E-state index contributed by atoms with van der Waals surface area (Å²) < 4.78 is 32.6. The van der Waals surface area contributed by atoms with E-state index < -0.39 is 15.0 Å². The second-order valence-corrected chi connectivity index (χ2v) is 6.45. The van der Waals surface area contributed by atoms with Gasteiger partial charge in [-0.15, -0.1) is 0 Å². The highest BCUT2D eigenvalue weighted by atomic mass is 32.2. The molecule has 0 saturated carbocycles. The molecule has 0 aliphatic carbocycles. The topological polar surface area (TPSA) is 210 Å². The molecule has 0 heterocycles. The van der Waals surface area contributed by atoms with Gasteiger partial charge in [0.2, 0.25) is 0 Å². The van der Waals surface area contributed by atoms with E-state index in [1.165, 1.54) is 18.2 Å². The van der Waals surface area contributed by atoms with Gasteiger partial charge in [0.15, 0.2) is 0 Å². The number of rotatable bonds is 3. The molecular weight excluding hydrogens is 332 g/mol. The van der Waals surface area contributed by atoms with Crippen LogP contribution < -0.4 is 34.4 Å². The van der Waals surface area contributed by atoms with Crippen molar-refractivity contribution in [3.8, 4) is 0 Å². The summed E-state index contributed by atoms with van der Waals surface area (Å²) in [5.74, 6) is 0. The van der Waals surface area contributed by atoms with Crippen molar-refractivity contribution in [3.05, 3.63) is 29.3 Å². The Hall–Kier alpha value is -3.11. The molecule has 0 spiro atoms. The van der Waals surface area contributed by atoms with Gasteiger partial charge < -0.3 is 34.4 Å². The van der Waals surface area contributed by atoms with E-state index in [0.717, 1.165) is 0 Å². The Morgan fingerprint density at radius 3 is 1.88 bits per heavy atom. The third kappa shape index (κ3) is 3.00. The van der Waals surface area contributed by atoms with Crippen molar-refractivity contribution in [2.24, 2.45) is 0 Å². The summed E-state index contributed by atoms with van der Waals surface area (Å²) >= 11 is 0. The van der Waals surface area contributed by atoms with E-state index in [-0.39, 0.29) is 34.0 Å². The van der Waals surface area contributed by atoms with Crippen LogP contribution in [-0.4, -0.2) is 13.0 Å². The zero-order chi connectivity index (χ0) is 18.2. The molecule has 0 radical (unpaired) electrons. The molecule has 0 atom stereocenters. The second kappa shape index (κ2) is 5.83. The number of anilines is 6. The van der Waals surface area contributed by atoms with Gasteiger partial charge in [-0.1, -0.05) is 18.2 Å². The lowest BCUT2D eigenvalue weighted by Gasteiger charge is -2.12. The van der Waals surface area contributed by atoms with E-state index in [0.29, 0.717) is 11.3 Å². The van der Waals surface area contributed by atoms with Crippen LogP contribution in [0, 0.1) is 0 Å². The molecule has 0 saturated heterocycles. The van der Waals surface area contributed by atoms with Gasteiger partial charge in [0.05, 0.1) is 34.1 Å². The maximum absolute atomic E-state index is 11.6. The molecule has 0 aliphatic rings. The van der Waals surface area contributed by atoms with Crippen LogP contribution in [0.2, 0.25) is 0 Å². The van der Waals surface area contributed by atoms with Gasteiger partial charge in [0.25, 0.3) is 10.1 Å². The van der Waals surface area contributed by atoms with E-state index in [1.54, 1.807) is 12.1 Å². The minimum absolute atomic E-state index is 0.0523. The lowest BCUT2D eigenvalue weighted by Crippen LogP contribution is -2.10. The van der Waals surface area contributed by atoms with Crippen molar-refractivity contribution in [2.75, 3.05) is 34.4 Å². The quantitative estimate of drug-likeness (QED) is 0.234. The molecule has 13 N–H and O–H groups in total. The van der Waals surface area contributed by atoms with Crippen LogP contribution in [0.15, 0.2) is 23.1 Å². The monoisotopic (exact) mass is 350 g/mol. The predicted molar refractivity (Wildman–Crippen MR) is 98.1 cm³/mol. The number of hydrogen-bond donors (Lipinski definition) is 7. The second-order valence-electron chi connectivity index (χ2n) is 5.09. The van der Waals surface area contributed by atoms with Crippen LogP contribution in [0.3, 0.4) is 0 Å². The van der Waals surface area contributed by atoms with E-state index in [4.69, 9.17) is 34.4 Å². The van der Waals surface area contributed by atoms with Crippen LogP contribution >= 0.6 is 0 Å². The smallest absolute Gasteiger partial charge is 0.297 e. The van der Waals surface area contributed by atoms with Crippen LogP contribution in [0.1, 0.15) is 11.1 Å². The first-order chi connectivity index (χ1) is 11.0. The molecule has 0 fully saturated rings. The summed E-state index contributed by atoms with van der Waals surface area (Å²) in [4.78, 5) is -0.535. The van der Waals surface area contributed by atoms with Crippen LogP contribution in [0.25, 0.3) is 12.2 Å². The van der Waals surface area contributed by atoms with Crippen LogP contribution in [0.5, 0.6) is 0 Å². The first-order valence-corrected chi connectivity index (χ1v) is 8.04. The van der Waals surface area contributed by atoms with Crippen molar-refractivity contribution >= 4 is 56.4 Å². The first kappa shape index (κ1) is 17.2. The Kier molecular flexibility index (Phi) is 4.19. The fraction of sp³-hybridized carbons (Fsp3) is 0. The Morgan fingerprint density at radius 2 is 1.29 bits per heavy atom. The van der Waals surface area contributed by atoms with Gasteiger partial charge in [-0.25, -0.2) is 0 Å². The minimum Gasteiger partial charge on any atom is -0.397 e. The average molecular weight is 350 g/mol. The zero-order valence-electron chi connectivity index (χ0n) is 12.5. The van der Waals surface area contributed by atoms with Gasteiger partial charge in [0, 0.05) is 0 Å². The van der Waals surface area contributed by atoms with Gasteiger partial charge >= 0.3 is 0 Å². The summed E-state index contributed by atoms with van der Waals surface area (Å²) in [5, 5.41) is 0. The van der Waals surface area contributed by atoms with Crippen molar-refractivity contribution in [2.45, 2.75) is 4.90 Å². The fourth-order valence-electron chi connectivity index (χ4n) is 2.15. The third-order valence-corrected chi connectivity index (χ3v) is 4.45. The lowest BCUT2D eigenvalue weighted by atomic mass is 10.1. The number of nitrogen functional groups attached to an aromatic ring is 6. The number of benzene rings is 2. The molecule has 2 aromatic rings. The average Bonchev–Trinajstić information content (AvgIpc) is 2.48. The van der Waals surface area contributed by atoms with E-state index in [2.05, 4.69) is 0 Å². The highest BCUT2D eigenvalue weighted by molar-refractivity contribution is 7.86. The number of hydrogen-bond acceptors (Lipinski definition) is 8. The Morgan fingerprint density at radius 1 is 0.750 bits per heavy atom. The standard InChI is InChI=1S/C14H18N6O3S/c15-8-4-3-6(10(17)11(8)18)1-2-7-5-9(16)12(19)13(20)14(7)24(21,22)23/h1-5H,15-20H2,(H,21,22,23)/b2-1+.